The van der Waals surface area contributed by atoms with E-state index in [4.69, 9.17) is 4.74 Å². The molecule has 5 nitrogen and oxygen atoms in total. The average molecular weight is 268 g/mol. The van der Waals surface area contributed by atoms with Gasteiger partial charge in [-0.15, -0.1) is 0 Å². The molecule has 0 unspecified atom stereocenters. The first-order valence-corrected chi connectivity index (χ1v) is 6.53. The molecule has 1 aliphatic rings. The largest absolute Gasteiger partial charge is 0.369 e. The number of rotatable bonds is 4. The molecule has 1 aliphatic heterocycles. The normalized spacial score (nSPS) is 13.8. The van der Waals surface area contributed by atoms with Gasteiger partial charge in [-0.3, -0.25) is 9.98 Å². The number of amidine groups is 1. The first-order chi connectivity index (χ1) is 9.84. The van der Waals surface area contributed by atoms with Gasteiger partial charge in [0.1, 0.15) is 18.1 Å². The third kappa shape index (κ3) is 2.67. The molecule has 0 amide bonds. The number of hydrogen-bond acceptors (Lipinski definition) is 5. The summed E-state index contributed by atoms with van der Waals surface area (Å²) >= 11 is 0. The van der Waals surface area contributed by atoms with Crippen LogP contribution in [0.25, 0.3) is 0 Å². The molecule has 1 aromatic heterocycles. The van der Waals surface area contributed by atoms with Crippen LogP contribution in [0.1, 0.15) is 11.3 Å². The molecule has 0 aliphatic carbocycles. The quantitative estimate of drug-likeness (QED) is 0.851. The zero-order valence-corrected chi connectivity index (χ0v) is 11.4. The van der Waals surface area contributed by atoms with Crippen LogP contribution < -0.4 is 4.90 Å². The molecule has 0 fully saturated rings. The number of benzene rings is 1. The number of fused-ring (bicyclic) bond motifs is 1. The van der Waals surface area contributed by atoms with E-state index in [9.17, 15) is 0 Å². The van der Waals surface area contributed by atoms with E-state index in [1.54, 1.807) is 12.4 Å². The zero-order chi connectivity index (χ0) is 13.8. The molecule has 20 heavy (non-hydrogen) atoms. The van der Waals surface area contributed by atoms with Gasteiger partial charge in [0.2, 0.25) is 0 Å². The van der Waals surface area contributed by atoms with E-state index in [0.717, 1.165) is 22.9 Å². The molecule has 3 rings (SSSR count). The van der Waals surface area contributed by atoms with Crippen LogP contribution in [-0.4, -0.2) is 29.5 Å². The van der Waals surface area contributed by atoms with Crippen LogP contribution in [0.4, 0.5) is 5.82 Å². The van der Waals surface area contributed by atoms with Gasteiger partial charge in [-0.2, -0.15) is 0 Å². The van der Waals surface area contributed by atoms with Gasteiger partial charge < -0.3 is 9.64 Å². The predicted molar refractivity (Wildman–Crippen MR) is 77.7 cm³/mol. The highest BCUT2D eigenvalue weighted by Gasteiger charge is 2.19. The van der Waals surface area contributed by atoms with Gasteiger partial charge in [0, 0.05) is 19.4 Å². The Balaban J connectivity index is 1.61. The third-order valence-electron chi connectivity index (χ3n) is 3.21. The first kappa shape index (κ1) is 12.7. The first-order valence-electron chi connectivity index (χ1n) is 6.53. The monoisotopic (exact) mass is 268 g/mol. The van der Waals surface area contributed by atoms with E-state index in [1.807, 2.05) is 42.3 Å². The summed E-state index contributed by atoms with van der Waals surface area (Å²) in [6, 6.07) is 10.1. The summed E-state index contributed by atoms with van der Waals surface area (Å²) in [6.07, 6.45) is 3.39. The maximum Gasteiger partial charge on any atom is 0.157 e. The second-order valence-electron chi connectivity index (χ2n) is 4.60. The predicted octanol–water partition coefficient (Wildman–Crippen LogP) is 2.04. The summed E-state index contributed by atoms with van der Waals surface area (Å²) in [5.41, 5.74) is 2.06. The Labute approximate surface area is 118 Å². The number of aliphatic imine (C=N–C) groups is 1. The fourth-order valence-electron chi connectivity index (χ4n) is 2.12. The van der Waals surface area contributed by atoms with Crippen LogP contribution in [0.15, 0.2) is 47.7 Å². The van der Waals surface area contributed by atoms with E-state index in [2.05, 4.69) is 15.0 Å². The number of ether oxygens (including phenoxy) is 1. The number of nitrogens with zero attached hydrogens (tertiary/aromatic N) is 4. The molecular weight excluding hydrogens is 252 g/mol. The molecule has 0 N–H and O–H groups in total. The second-order valence-corrected chi connectivity index (χ2v) is 4.60. The van der Waals surface area contributed by atoms with Crippen LogP contribution in [0, 0.1) is 0 Å². The van der Waals surface area contributed by atoms with Gasteiger partial charge in [-0.1, -0.05) is 30.3 Å². The summed E-state index contributed by atoms with van der Waals surface area (Å²) in [5.74, 6) is 1.75. The minimum atomic E-state index is 0.474. The summed E-state index contributed by atoms with van der Waals surface area (Å²) in [5, 5.41) is 0. The van der Waals surface area contributed by atoms with Crippen molar-refractivity contribution in [2.24, 2.45) is 4.99 Å². The molecule has 0 radical (unpaired) electrons. The van der Waals surface area contributed by atoms with Crippen molar-refractivity contribution in [2.45, 2.75) is 13.2 Å². The van der Waals surface area contributed by atoms with Crippen molar-refractivity contribution in [1.29, 1.82) is 0 Å². The maximum absolute atomic E-state index is 5.72. The Morgan fingerprint density at radius 1 is 1.10 bits per heavy atom. The molecule has 0 bridgehead atoms. The molecule has 102 valence electrons. The minimum Gasteiger partial charge on any atom is -0.369 e. The molecule has 5 heteroatoms. The Morgan fingerprint density at radius 2 is 1.90 bits per heavy atom. The summed E-state index contributed by atoms with van der Waals surface area (Å²) < 4.78 is 5.72. The lowest BCUT2D eigenvalue weighted by atomic mass is 10.2. The Bertz CT molecular complexity index is 612. The van der Waals surface area contributed by atoms with E-state index in [0.29, 0.717) is 19.8 Å². The van der Waals surface area contributed by atoms with Crippen molar-refractivity contribution < 1.29 is 4.74 Å². The van der Waals surface area contributed by atoms with Crippen molar-refractivity contribution in [3.8, 4) is 0 Å². The highest BCUT2D eigenvalue weighted by atomic mass is 16.5. The van der Waals surface area contributed by atoms with Crippen molar-refractivity contribution in [2.75, 3.05) is 18.6 Å². The Hall–Kier alpha value is -2.27. The van der Waals surface area contributed by atoms with Crippen molar-refractivity contribution >= 4 is 11.7 Å². The van der Waals surface area contributed by atoms with Crippen molar-refractivity contribution in [3.63, 3.8) is 0 Å². The number of aromatic nitrogens is 2. The van der Waals surface area contributed by atoms with Crippen LogP contribution in [-0.2, 0) is 17.9 Å². The van der Waals surface area contributed by atoms with Gasteiger partial charge in [0.15, 0.2) is 5.82 Å². The smallest absolute Gasteiger partial charge is 0.157 e. The lowest BCUT2D eigenvalue weighted by molar-refractivity contribution is 0.157. The van der Waals surface area contributed by atoms with Gasteiger partial charge in [0.05, 0.1) is 13.2 Å². The van der Waals surface area contributed by atoms with E-state index < -0.39 is 0 Å². The maximum atomic E-state index is 5.72. The van der Waals surface area contributed by atoms with Gasteiger partial charge in [0.25, 0.3) is 0 Å². The van der Waals surface area contributed by atoms with Gasteiger partial charge in [-0.05, 0) is 5.56 Å². The van der Waals surface area contributed by atoms with E-state index in [-0.39, 0.29) is 0 Å². The highest BCUT2D eigenvalue weighted by molar-refractivity contribution is 5.99. The van der Waals surface area contributed by atoms with Crippen molar-refractivity contribution in [1.82, 2.24) is 9.97 Å². The molecule has 2 heterocycles. The van der Waals surface area contributed by atoms with Crippen molar-refractivity contribution in [3.05, 3.63) is 54.0 Å². The molecule has 0 atom stereocenters. The topological polar surface area (TPSA) is 50.6 Å². The van der Waals surface area contributed by atoms with E-state index >= 15 is 0 Å². The number of hydrogen-bond donors (Lipinski definition) is 0. The van der Waals surface area contributed by atoms with Crippen LogP contribution in [0.3, 0.4) is 0 Å². The zero-order valence-electron chi connectivity index (χ0n) is 11.4. The standard InChI is InChI=1S/C15H16N4O/c1-19-14(11-20-10-12-5-3-2-4-6-12)18-9-13-15(19)17-8-7-16-13/h2-8H,9-11H2,1H3. The summed E-state index contributed by atoms with van der Waals surface area (Å²) in [4.78, 5) is 15.1. The number of anilines is 1. The minimum absolute atomic E-state index is 0.474. The Kier molecular flexibility index (Phi) is 3.69. The lowest BCUT2D eigenvalue weighted by Crippen LogP contribution is -2.34. The van der Waals surface area contributed by atoms with Gasteiger partial charge >= 0.3 is 0 Å². The highest BCUT2D eigenvalue weighted by Crippen LogP contribution is 2.19. The molecule has 1 aromatic carbocycles. The van der Waals surface area contributed by atoms with Crippen LogP contribution >= 0.6 is 0 Å². The molecule has 0 spiro atoms. The van der Waals surface area contributed by atoms with Gasteiger partial charge in [-0.25, -0.2) is 4.98 Å². The molecular formula is C15H16N4O. The SMILES string of the molecule is CN1C(COCc2ccccc2)=NCc2nccnc21. The van der Waals surface area contributed by atoms with Crippen LogP contribution in [0.5, 0.6) is 0 Å². The summed E-state index contributed by atoms with van der Waals surface area (Å²) in [6.45, 7) is 1.62. The third-order valence-corrected chi connectivity index (χ3v) is 3.21. The van der Waals surface area contributed by atoms with Crippen LogP contribution in [0.2, 0.25) is 0 Å². The molecule has 0 saturated heterocycles. The second kappa shape index (κ2) is 5.79. The molecule has 0 saturated carbocycles. The fourth-order valence-corrected chi connectivity index (χ4v) is 2.12. The summed E-state index contributed by atoms with van der Waals surface area (Å²) in [7, 11) is 1.94. The Morgan fingerprint density at radius 3 is 2.75 bits per heavy atom. The fraction of sp³-hybridized carbons (Fsp3) is 0.267. The van der Waals surface area contributed by atoms with E-state index in [1.165, 1.54) is 0 Å². The number of likely N-dealkylation sites (N-methyl/N-ethyl adjacent to an activating group) is 1. The lowest BCUT2D eigenvalue weighted by Gasteiger charge is -2.25. The molecule has 2 aromatic rings. The average Bonchev–Trinajstić information content (AvgIpc) is 2.51.